The van der Waals surface area contributed by atoms with Crippen LogP contribution in [0.4, 0.5) is 10.1 Å². The Morgan fingerprint density at radius 3 is 2.94 bits per heavy atom. The highest BCUT2D eigenvalue weighted by Crippen LogP contribution is 2.25. The predicted octanol–water partition coefficient (Wildman–Crippen LogP) is 3.88. The third-order valence-electron chi connectivity index (χ3n) is 2.83. The second-order valence-corrected chi connectivity index (χ2v) is 4.95. The van der Waals surface area contributed by atoms with E-state index in [2.05, 4.69) is 27.3 Å². The summed E-state index contributed by atoms with van der Waals surface area (Å²) in [6, 6.07) is 4.26. The second-order valence-electron chi connectivity index (χ2n) is 4.09. The average Bonchev–Trinajstić information content (AvgIpc) is 2.35. The number of hydrogen-bond donors (Lipinski definition) is 1. The number of nitrogens with one attached hydrogen (secondary N) is 1. The Morgan fingerprint density at radius 1 is 1.41 bits per heavy atom. The fourth-order valence-corrected chi connectivity index (χ4v) is 2.21. The maximum absolute atomic E-state index is 13.1. The number of rotatable bonds is 2. The molecule has 17 heavy (non-hydrogen) atoms. The second kappa shape index (κ2) is 5.45. The van der Waals surface area contributed by atoms with Crippen LogP contribution in [0, 0.1) is 11.7 Å². The summed E-state index contributed by atoms with van der Waals surface area (Å²) >= 11 is 3.29. The van der Waals surface area contributed by atoms with Crippen LogP contribution in [0.25, 0.3) is 0 Å². The molecule has 1 unspecified atom stereocenters. The van der Waals surface area contributed by atoms with Crippen LogP contribution in [0.1, 0.15) is 19.3 Å². The topological polar surface area (TPSA) is 29.1 Å². The minimum Gasteiger partial charge on any atom is -0.325 e. The molecule has 1 amide bonds. The van der Waals surface area contributed by atoms with Crippen LogP contribution in [-0.2, 0) is 4.79 Å². The minimum atomic E-state index is -0.355. The van der Waals surface area contributed by atoms with Crippen molar-refractivity contribution in [2.75, 3.05) is 5.32 Å². The van der Waals surface area contributed by atoms with Gasteiger partial charge in [0.05, 0.1) is 5.69 Å². The maximum atomic E-state index is 13.1. The molecule has 4 heteroatoms. The molecule has 0 radical (unpaired) electrons. The first kappa shape index (κ1) is 12.3. The Hall–Kier alpha value is -1.16. The molecule has 1 aliphatic carbocycles. The van der Waals surface area contributed by atoms with Gasteiger partial charge in [-0.15, -0.1) is 0 Å². The smallest absolute Gasteiger partial charge is 0.227 e. The number of anilines is 1. The third-order valence-corrected chi connectivity index (χ3v) is 3.52. The van der Waals surface area contributed by atoms with E-state index in [-0.39, 0.29) is 17.6 Å². The molecule has 2 rings (SSSR count). The Balaban J connectivity index is 2.07. The molecule has 1 aliphatic rings. The monoisotopic (exact) mass is 297 g/mol. The molecule has 90 valence electrons. The van der Waals surface area contributed by atoms with Gasteiger partial charge in [0, 0.05) is 10.4 Å². The molecule has 1 aromatic carbocycles. The van der Waals surface area contributed by atoms with Crippen molar-refractivity contribution in [1.29, 1.82) is 0 Å². The molecule has 0 fully saturated rings. The van der Waals surface area contributed by atoms with E-state index in [1.54, 1.807) is 6.07 Å². The molecule has 0 aliphatic heterocycles. The van der Waals surface area contributed by atoms with Crippen molar-refractivity contribution in [3.8, 4) is 0 Å². The number of hydrogen-bond acceptors (Lipinski definition) is 1. The molecule has 1 N–H and O–H groups in total. The van der Waals surface area contributed by atoms with Crippen LogP contribution >= 0.6 is 15.9 Å². The molecule has 0 heterocycles. The fourth-order valence-electron chi connectivity index (χ4n) is 1.86. The van der Waals surface area contributed by atoms with Gasteiger partial charge in [0.2, 0.25) is 5.91 Å². The van der Waals surface area contributed by atoms with Gasteiger partial charge >= 0.3 is 0 Å². The quantitative estimate of drug-likeness (QED) is 0.825. The van der Waals surface area contributed by atoms with E-state index >= 15 is 0 Å². The third kappa shape index (κ3) is 3.16. The van der Waals surface area contributed by atoms with Crippen molar-refractivity contribution < 1.29 is 9.18 Å². The van der Waals surface area contributed by atoms with Crippen molar-refractivity contribution >= 4 is 27.5 Å². The molecule has 0 bridgehead atoms. The van der Waals surface area contributed by atoms with Crippen LogP contribution in [0.15, 0.2) is 34.8 Å². The minimum absolute atomic E-state index is 0.00447. The summed E-state index contributed by atoms with van der Waals surface area (Å²) in [5.41, 5.74) is 0.490. The highest BCUT2D eigenvalue weighted by atomic mass is 79.9. The Labute approximate surface area is 108 Å². The molecule has 0 aromatic heterocycles. The van der Waals surface area contributed by atoms with E-state index in [0.717, 1.165) is 19.3 Å². The van der Waals surface area contributed by atoms with Crippen molar-refractivity contribution in [3.63, 3.8) is 0 Å². The van der Waals surface area contributed by atoms with Gasteiger partial charge < -0.3 is 5.32 Å². The SMILES string of the molecule is O=C(Nc1cc(F)ccc1Br)C1CC=CCC1. The molecular weight excluding hydrogens is 285 g/mol. The summed E-state index contributed by atoms with van der Waals surface area (Å²) < 4.78 is 13.7. The zero-order chi connectivity index (χ0) is 12.3. The number of benzene rings is 1. The van der Waals surface area contributed by atoms with Crippen LogP contribution in [0.3, 0.4) is 0 Å². The van der Waals surface area contributed by atoms with Crippen molar-refractivity contribution in [2.24, 2.45) is 5.92 Å². The van der Waals surface area contributed by atoms with E-state index in [1.165, 1.54) is 12.1 Å². The first-order valence-corrected chi connectivity index (χ1v) is 6.37. The predicted molar refractivity (Wildman–Crippen MR) is 69.2 cm³/mol. The Morgan fingerprint density at radius 2 is 2.24 bits per heavy atom. The molecule has 2 nitrogen and oxygen atoms in total. The molecule has 1 aromatic rings. The van der Waals surface area contributed by atoms with Crippen LogP contribution in [0.2, 0.25) is 0 Å². The largest absolute Gasteiger partial charge is 0.325 e. The lowest BCUT2D eigenvalue weighted by molar-refractivity contribution is -0.120. The Bertz CT molecular complexity index is 459. The number of amides is 1. The normalized spacial score (nSPS) is 19.1. The maximum Gasteiger partial charge on any atom is 0.227 e. The summed E-state index contributed by atoms with van der Waals surface area (Å²) in [6.07, 6.45) is 6.66. The number of carbonyl (C=O) groups excluding carboxylic acids is 1. The van der Waals surface area contributed by atoms with Gasteiger partial charge in [-0.1, -0.05) is 12.2 Å². The molecular formula is C13H13BrFNO. The lowest BCUT2D eigenvalue weighted by Crippen LogP contribution is -2.23. The molecule has 1 atom stereocenters. The van der Waals surface area contributed by atoms with Gasteiger partial charge in [-0.2, -0.15) is 0 Å². The van der Waals surface area contributed by atoms with Crippen LogP contribution in [0.5, 0.6) is 0 Å². The van der Waals surface area contributed by atoms with E-state index in [9.17, 15) is 9.18 Å². The number of allylic oxidation sites excluding steroid dienone is 2. The van der Waals surface area contributed by atoms with Crippen molar-refractivity contribution in [1.82, 2.24) is 0 Å². The summed E-state index contributed by atoms with van der Waals surface area (Å²) in [7, 11) is 0. The van der Waals surface area contributed by atoms with Gasteiger partial charge in [-0.3, -0.25) is 4.79 Å². The van der Waals surface area contributed by atoms with Crippen LogP contribution < -0.4 is 5.32 Å². The number of carbonyl (C=O) groups is 1. The van der Waals surface area contributed by atoms with Crippen molar-refractivity contribution in [3.05, 3.63) is 40.6 Å². The lowest BCUT2D eigenvalue weighted by atomic mass is 9.93. The van der Waals surface area contributed by atoms with E-state index in [0.29, 0.717) is 10.2 Å². The first-order valence-electron chi connectivity index (χ1n) is 5.58. The van der Waals surface area contributed by atoms with Gasteiger partial charge in [-0.05, 0) is 53.4 Å². The van der Waals surface area contributed by atoms with E-state index < -0.39 is 0 Å². The van der Waals surface area contributed by atoms with Crippen LogP contribution in [-0.4, -0.2) is 5.91 Å². The van der Waals surface area contributed by atoms with E-state index in [1.807, 2.05) is 6.08 Å². The van der Waals surface area contributed by atoms with Crippen molar-refractivity contribution in [2.45, 2.75) is 19.3 Å². The summed E-state index contributed by atoms with van der Waals surface area (Å²) in [5, 5.41) is 2.76. The summed E-state index contributed by atoms with van der Waals surface area (Å²) in [6.45, 7) is 0. The summed E-state index contributed by atoms with van der Waals surface area (Å²) in [4.78, 5) is 11.9. The van der Waals surface area contributed by atoms with Gasteiger partial charge in [0.25, 0.3) is 0 Å². The first-order chi connectivity index (χ1) is 8.16. The standard InChI is InChI=1S/C13H13BrFNO/c14-11-7-6-10(15)8-12(11)16-13(17)9-4-2-1-3-5-9/h1-2,6-9H,3-5H2,(H,16,17). The van der Waals surface area contributed by atoms with Gasteiger partial charge in [0.15, 0.2) is 0 Å². The lowest BCUT2D eigenvalue weighted by Gasteiger charge is -2.17. The Kier molecular flexibility index (Phi) is 3.94. The molecule has 0 saturated carbocycles. The van der Waals surface area contributed by atoms with Gasteiger partial charge in [-0.25, -0.2) is 4.39 Å². The highest BCUT2D eigenvalue weighted by molar-refractivity contribution is 9.10. The number of halogens is 2. The summed E-state index contributed by atoms with van der Waals surface area (Å²) in [5.74, 6) is -0.400. The molecule has 0 spiro atoms. The molecule has 0 saturated heterocycles. The average molecular weight is 298 g/mol. The zero-order valence-electron chi connectivity index (χ0n) is 9.25. The van der Waals surface area contributed by atoms with E-state index in [4.69, 9.17) is 0 Å². The van der Waals surface area contributed by atoms with Gasteiger partial charge in [0.1, 0.15) is 5.82 Å². The fraction of sp³-hybridized carbons (Fsp3) is 0.308. The zero-order valence-corrected chi connectivity index (χ0v) is 10.8. The highest BCUT2D eigenvalue weighted by Gasteiger charge is 2.19.